The molecular formula is C14H19N3O3S. The second-order valence-corrected chi connectivity index (χ2v) is 6.94. The molecule has 2 unspecified atom stereocenters. The summed E-state index contributed by atoms with van der Waals surface area (Å²) < 4.78 is 0. The summed E-state index contributed by atoms with van der Waals surface area (Å²) in [4.78, 5) is 27.5. The molecule has 3 heterocycles. The van der Waals surface area contributed by atoms with E-state index < -0.39 is 0 Å². The van der Waals surface area contributed by atoms with E-state index in [0.29, 0.717) is 15.9 Å². The third-order valence-electron chi connectivity index (χ3n) is 4.44. The average Bonchev–Trinajstić information content (AvgIpc) is 3.02. The first-order chi connectivity index (χ1) is 9.97. The first-order valence-corrected chi connectivity index (χ1v) is 8.09. The molecule has 114 valence electrons. The number of fused-ring (bicyclic) bond motifs is 1. The number of rotatable bonds is 3. The van der Waals surface area contributed by atoms with Crippen molar-refractivity contribution in [1.82, 2.24) is 4.90 Å². The quantitative estimate of drug-likeness (QED) is 0.487. The largest absolute Gasteiger partial charge is 0.352 e. The topological polar surface area (TPSA) is 66.7 Å². The fourth-order valence-corrected chi connectivity index (χ4v) is 4.48. The molecule has 0 radical (unpaired) electrons. The zero-order valence-electron chi connectivity index (χ0n) is 12.2. The lowest BCUT2D eigenvalue weighted by Crippen LogP contribution is -2.55. The molecule has 0 aliphatic carbocycles. The monoisotopic (exact) mass is 309 g/mol. The number of thiophene rings is 1. The minimum absolute atomic E-state index is 0.0727. The highest BCUT2D eigenvalue weighted by atomic mass is 32.1. The molecule has 3 rings (SSSR count). The number of hydrogen-bond donors (Lipinski definition) is 0. The number of piperazine rings is 1. The van der Waals surface area contributed by atoms with E-state index in [0.717, 1.165) is 26.1 Å². The second kappa shape index (κ2) is 5.38. The van der Waals surface area contributed by atoms with Crippen LogP contribution < -0.4 is 4.90 Å². The summed E-state index contributed by atoms with van der Waals surface area (Å²) in [5, 5.41) is 11.9. The van der Waals surface area contributed by atoms with E-state index in [1.165, 1.54) is 30.7 Å². The highest BCUT2D eigenvalue weighted by Crippen LogP contribution is 2.41. The van der Waals surface area contributed by atoms with Crippen LogP contribution in [0.25, 0.3) is 0 Å². The number of Topliss-reactive ketones (excluding diaryl/α,β-unsaturated/α-hetero) is 1. The molecular weight excluding hydrogens is 290 g/mol. The van der Waals surface area contributed by atoms with E-state index in [1.54, 1.807) is 0 Å². The molecule has 0 spiro atoms. The standard InChI is InChI=1S/C14H19N3O3S/c1-9-7-15-5-3-4-11(15)8-16(9)14-12(17(19)20)6-13(21-14)10(2)18/h6,9,11H,3-5,7-8H2,1-2H3. The lowest BCUT2D eigenvalue weighted by atomic mass is 10.1. The maximum atomic E-state index is 11.5. The van der Waals surface area contributed by atoms with Gasteiger partial charge in [0.15, 0.2) is 10.8 Å². The Morgan fingerprint density at radius 1 is 1.48 bits per heavy atom. The van der Waals surface area contributed by atoms with E-state index in [1.807, 2.05) is 0 Å². The second-order valence-electron chi connectivity index (χ2n) is 5.91. The third-order valence-corrected chi connectivity index (χ3v) is 5.70. The van der Waals surface area contributed by atoms with Crippen molar-refractivity contribution in [2.24, 2.45) is 0 Å². The van der Waals surface area contributed by atoms with Gasteiger partial charge in [0.25, 0.3) is 0 Å². The van der Waals surface area contributed by atoms with Gasteiger partial charge in [-0.15, -0.1) is 11.3 Å². The number of anilines is 1. The molecule has 0 amide bonds. The molecule has 2 atom stereocenters. The molecule has 0 bridgehead atoms. The van der Waals surface area contributed by atoms with Gasteiger partial charge >= 0.3 is 5.69 Å². The van der Waals surface area contributed by atoms with Crippen molar-refractivity contribution in [3.63, 3.8) is 0 Å². The Morgan fingerprint density at radius 2 is 2.24 bits per heavy atom. The average molecular weight is 309 g/mol. The van der Waals surface area contributed by atoms with Crippen LogP contribution in [0.15, 0.2) is 6.07 Å². The fraction of sp³-hybridized carbons (Fsp3) is 0.643. The van der Waals surface area contributed by atoms with E-state index in [2.05, 4.69) is 16.7 Å². The summed E-state index contributed by atoms with van der Waals surface area (Å²) in [5.41, 5.74) is 0.0727. The highest BCUT2D eigenvalue weighted by Gasteiger charge is 2.37. The van der Waals surface area contributed by atoms with Crippen LogP contribution in [-0.2, 0) is 0 Å². The molecule has 6 nitrogen and oxygen atoms in total. The summed E-state index contributed by atoms with van der Waals surface area (Å²) in [7, 11) is 0. The van der Waals surface area contributed by atoms with Crippen molar-refractivity contribution in [3.05, 3.63) is 21.1 Å². The van der Waals surface area contributed by atoms with Crippen LogP contribution in [0.1, 0.15) is 36.4 Å². The molecule has 0 saturated carbocycles. The molecule has 2 aliphatic rings. The lowest BCUT2D eigenvalue weighted by Gasteiger charge is -2.42. The van der Waals surface area contributed by atoms with Gasteiger partial charge < -0.3 is 4.90 Å². The molecule has 0 N–H and O–H groups in total. The smallest absolute Gasteiger partial charge is 0.304 e. The van der Waals surface area contributed by atoms with E-state index >= 15 is 0 Å². The van der Waals surface area contributed by atoms with Gasteiger partial charge in [0, 0.05) is 31.2 Å². The van der Waals surface area contributed by atoms with Crippen LogP contribution >= 0.6 is 11.3 Å². The molecule has 0 aromatic carbocycles. The Labute approximate surface area is 127 Å². The van der Waals surface area contributed by atoms with Gasteiger partial charge in [-0.05, 0) is 33.2 Å². The number of hydrogen-bond acceptors (Lipinski definition) is 6. The zero-order chi connectivity index (χ0) is 15.1. The van der Waals surface area contributed by atoms with Gasteiger partial charge in [-0.25, -0.2) is 0 Å². The van der Waals surface area contributed by atoms with Crippen molar-refractivity contribution in [2.75, 3.05) is 24.5 Å². The lowest BCUT2D eigenvalue weighted by molar-refractivity contribution is -0.383. The van der Waals surface area contributed by atoms with Gasteiger partial charge in [0.1, 0.15) is 0 Å². The first-order valence-electron chi connectivity index (χ1n) is 7.27. The maximum Gasteiger partial charge on any atom is 0.304 e. The summed E-state index contributed by atoms with van der Waals surface area (Å²) >= 11 is 1.26. The van der Waals surface area contributed by atoms with Crippen molar-refractivity contribution >= 4 is 27.8 Å². The molecule has 2 aliphatic heterocycles. The van der Waals surface area contributed by atoms with Crippen molar-refractivity contribution in [2.45, 2.75) is 38.8 Å². The van der Waals surface area contributed by atoms with E-state index in [-0.39, 0.29) is 22.4 Å². The van der Waals surface area contributed by atoms with Crippen LogP contribution in [0.2, 0.25) is 0 Å². The molecule has 21 heavy (non-hydrogen) atoms. The molecule has 7 heteroatoms. The van der Waals surface area contributed by atoms with E-state index in [9.17, 15) is 14.9 Å². The SMILES string of the molecule is CC(=O)c1cc([N+](=O)[O-])c(N2CC3CCCN3CC2C)s1. The number of carbonyl (C=O) groups is 1. The van der Waals surface area contributed by atoms with Crippen molar-refractivity contribution in [3.8, 4) is 0 Å². The van der Waals surface area contributed by atoms with Gasteiger partial charge in [-0.2, -0.15) is 0 Å². The highest BCUT2D eigenvalue weighted by molar-refractivity contribution is 7.18. The van der Waals surface area contributed by atoms with Crippen LogP contribution in [0, 0.1) is 10.1 Å². The summed E-state index contributed by atoms with van der Waals surface area (Å²) in [6.07, 6.45) is 2.36. The Morgan fingerprint density at radius 3 is 2.90 bits per heavy atom. The first kappa shape index (κ1) is 14.5. The molecule has 1 aromatic rings. The van der Waals surface area contributed by atoms with Crippen LogP contribution in [0.5, 0.6) is 0 Å². The van der Waals surface area contributed by atoms with Crippen LogP contribution in [0.4, 0.5) is 10.7 Å². The fourth-order valence-electron chi connectivity index (χ4n) is 3.35. The minimum Gasteiger partial charge on any atom is -0.352 e. The van der Waals surface area contributed by atoms with Crippen LogP contribution in [-0.4, -0.2) is 47.3 Å². The molecule has 2 saturated heterocycles. The zero-order valence-corrected chi connectivity index (χ0v) is 13.1. The maximum absolute atomic E-state index is 11.5. The van der Waals surface area contributed by atoms with Crippen molar-refractivity contribution in [1.29, 1.82) is 0 Å². The molecule has 2 fully saturated rings. The van der Waals surface area contributed by atoms with Crippen LogP contribution in [0.3, 0.4) is 0 Å². The normalized spacial score (nSPS) is 25.9. The number of nitrogens with zero attached hydrogens (tertiary/aromatic N) is 3. The summed E-state index contributed by atoms with van der Waals surface area (Å²) in [6, 6.07) is 2.15. The Balaban J connectivity index is 1.94. The number of carbonyl (C=O) groups excluding carboxylic acids is 1. The van der Waals surface area contributed by atoms with E-state index in [4.69, 9.17) is 0 Å². The number of nitro groups is 1. The van der Waals surface area contributed by atoms with Crippen molar-refractivity contribution < 1.29 is 9.72 Å². The van der Waals surface area contributed by atoms with Gasteiger partial charge in [-0.1, -0.05) is 0 Å². The third kappa shape index (κ3) is 2.55. The van der Waals surface area contributed by atoms with Gasteiger partial charge in [-0.3, -0.25) is 19.8 Å². The summed E-state index contributed by atoms with van der Waals surface area (Å²) in [5.74, 6) is -0.110. The predicted octanol–water partition coefficient (Wildman–Crippen LogP) is 2.53. The molecule has 1 aromatic heterocycles. The Kier molecular flexibility index (Phi) is 3.71. The Bertz CT molecular complexity index is 586. The summed E-state index contributed by atoms with van der Waals surface area (Å²) in [6.45, 7) is 6.45. The Hall–Kier alpha value is -1.47. The minimum atomic E-state index is -0.369. The van der Waals surface area contributed by atoms with Gasteiger partial charge in [0.05, 0.1) is 9.80 Å². The predicted molar refractivity (Wildman–Crippen MR) is 82.4 cm³/mol. The number of ketones is 1. The van der Waals surface area contributed by atoms with Gasteiger partial charge in [0.2, 0.25) is 0 Å².